The van der Waals surface area contributed by atoms with Gasteiger partial charge in [0.2, 0.25) is 5.91 Å². The minimum absolute atomic E-state index is 0.0683. The van der Waals surface area contributed by atoms with Crippen LogP contribution in [-0.2, 0) is 16.0 Å². The molecule has 2 atom stereocenters. The number of methoxy groups -OCH3 is 2. The molecule has 3 aromatic rings. The molecule has 2 aromatic carbocycles. The topological polar surface area (TPSA) is 71.6 Å². The number of carbonyl (C=O) groups excluding carboxylic acids is 2. The van der Waals surface area contributed by atoms with E-state index in [-0.39, 0.29) is 17.8 Å². The molecule has 0 aliphatic carbocycles. The molecule has 0 spiro atoms. The van der Waals surface area contributed by atoms with E-state index >= 15 is 0 Å². The van der Waals surface area contributed by atoms with Crippen molar-refractivity contribution in [2.24, 2.45) is 5.92 Å². The number of nitrogens with zero attached hydrogens (tertiary/aromatic N) is 1. The lowest BCUT2D eigenvalue weighted by atomic mass is 9.85. The maximum Gasteiger partial charge on any atom is 0.337 e. The third kappa shape index (κ3) is 5.07. The number of aromatic nitrogens is 1. The quantitative estimate of drug-likeness (QED) is 0.381. The molecular formula is C29H36N2O4. The SMILES string of the molecule is CCCC(c1ccc(C(=O)OC)cc1OC)c1c[nH]c2ccc(CC3CCN(CCC)C3=O)cc12. The Kier molecular flexibility index (Phi) is 7.79. The lowest BCUT2D eigenvalue weighted by Gasteiger charge is -2.20. The Bertz CT molecular complexity index is 1200. The molecule has 6 heteroatoms. The van der Waals surface area contributed by atoms with Crippen LogP contribution in [0.3, 0.4) is 0 Å². The molecule has 2 heterocycles. The number of carbonyl (C=O) groups is 2. The molecule has 0 saturated carbocycles. The summed E-state index contributed by atoms with van der Waals surface area (Å²) < 4.78 is 10.6. The standard InChI is InChI=1S/C29H36N2O4/c1-5-7-22(23-10-9-21(29(33)35-4)17-27(23)34-3)25-18-30-26-11-8-19(16-24(25)26)15-20-12-14-31(13-6-2)28(20)32/h8-11,16-18,20,22,30H,5-7,12-15H2,1-4H3. The number of benzene rings is 2. The number of fused-ring (bicyclic) bond motifs is 1. The average molecular weight is 477 g/mol. The van der Waals surface area contributed by atoms with E-state index in [1.807, 2.05) is 11.0 Å². The Balaban J connectivity index is 1.67. The van der Waals surface area contributed by atoms with Gasteiger partial charge in [-0.05, 0) is 61.1 Å². The number of amides is 1. The van der Waals surface area contributed by atoms with Gasteiger partial charge in [-0.15, -0.1) is 0 Å². The maximum atomic E-state index is 12.8. The van der Waals surface area contributed by atoms with Gasteiger partial charge >= 0.3 is 5.97 Å². The van der Waals surface area contributed by atoms with Gasteiger partial charge in [0.25, 0.3) is 0 Å². The fraction of sp³-hybridized carbons (Fsp3) is 0.448. The molecule has 6 nitrogen and oxygen atoms in total. The number of hydrogen-bond donors (Lipinski definition) is 1. The maximum absolute atomic E-state index is 12.8. The minimum Gasteiger partial charge on any atom is -0.496 e. The lowest BCUT2D eigenvalue weighted by molar-refractivity contribution is -0.130. The molecule has 1 aliphatic rings. The molecule has 4 rings (SSSR count). The highest BCUT2D eigenvalue weighted by atomic mass is 16.5. The van der Waals surface area contributed by atoms with Crippen molar-refractivity contribution in [2.75, 3.05) is 27.3 Å². The van der Waals surface area contributed by atoms with E-state index in [1.165, 1.54) is 23.6 Å². The number of aromatic amines is 1. The molecule has 186 valence electrons. The summed E-state index contributed by atoms with van der Waals surface area (Å²) in [5, 5.41) is 1.18. The van der Waals surface area contributed by atoms with Crippen LogP contribution in [0.5, 0.6) is 5.75 Å². The van der Waals surface area contributed by atoms with Gasteiger partial charge in [0.15, 0.2) is 0 Å². The zero-order valence-corrected chi connectivity index (χ0v) is 21.2. The first-order valence-electron chi connectivity index (χ1n) is 12.7. The van der Waals surface area contributed by atoms with Crippen LogP contribution in [0.2, 0.25) is 0 Å². The molecule has 1 amide bonds. The summed E-state index contributed by atoms with van der Waals surface area (Å²) in [6.45, 7) is 6.02. The van der Waals surface area contributed by atoms with Crippen molar-refractivity contribution in [2.45, 2.75) is 51.9 Å². The van der Waals surface area contributed by atoms with Crippen LogP contribution in [0.1, 0.15) is 72.5 Å². The summed E-state index contributed by atoms with van der Waals surface area (Å²) in [5.74, 6) is 0.778. The smallest absolute Gasteiger partial charge is 0.337 e. The van der Waals surface area contributed by atoms with Crippen LogP contribution in [0.4, 0.5) is 0 Å². The number of esters is 1. The highest BCUT2D eigenvalue weighted by Gasteiger charge is 2.31. The summed E-state index contributed by atoms with van der Waals surface area (Å²) in [5.41, 5.74) is 5.01. The third-order valence-corrected chi connectivity index (χ3v) is 7.14. The van der Waals surface area contributed by atoms with E-state index in [0.29, 0.717) is 17.2 Å². The predicted molar refractivity (Wildman–Crippen MR) is 138 cm³/mol. The van der Waals surface area contributed by atoms with Crippen LogP contribution in [-0.4, -0.2) is 49.1 Å². The number of H-pyrrole nitrogens is 1. The molecule has 0 bridgehead atoms. The molecule has 1 N–H and O–H groups in total. The predicted octanol–water partition coefficient (Wildman–Crippen LogP) is 5.70. The van der Waals surface area contributed by atoms with E-state index in [0.717, 1.165) is 56.3 Å². The fourth-order valence-electron chi connectivity index (χ4n) is 5.39. The number of ether oxygens (including phenoxy) is 2. The van der Waals surface area contributed by atoms with Gasteiger partial charge in [0, 0.05) is 47.6 Å². The molecular weight excluding hydrogens is 440 g/mol. The highest BCUT2D eigenvalue weighted by Crippen LogP contribution is 2.39. The molecule has 1 fully saturated rings. The van der Waals surface area contributed by atoms with Crippen molar-refractivity contribution in [3.05, 3.63) is 64.8 Å². The number of likely N-dealkylation sites (tertiary alicyclic amines) is 1. The second-order valence-electron chi connectivity index (χ2n) is 9.43. The van der Waals surface area contributed by atoms with Gasteiger partial charge in [-0.25, -0.2) is 4.79 Å². The van der Waals surface area contributed by atoms with E-state index in [9.17, 15) is 9.59 Å². The first-order valence-corrected chi connectivity index (χ1v) is 12.7. The van der Waals surface area contributed by atoms with Crippen molar-refractivity contribution >= 4 is 22.8 Å². The average Bonchev–Trinajstić information content (AvgIpc) is 3.45. The first kappa shape index (κ1) is 24.8. The van der Waals surface area contributed by atoms with E-state index < -0.39 is 0 Å². The van der Waals surface area contributed by atoms with Gasteiger partial charge in [-0.2, -0.15) is 0 Å². The van der Waals surface area contributed by atoms with Crippen molar-refractivity contribution in [1.82, 2.24) is 9.88 Å². The summed E-state index contributed by atoms with van der Waals surface area (Å²) >= 11 is 0. The lowest BCUT2D eigenvalue weighted by Crippen LogP contribution is -2.28. The zero-order valence-electron chi connectivity index (χ0n) is 21.2. The Morgan fingerprint density at radius 1 is 1.11 bits per heavy atom. The van der Waals surface area contributed by atoms with E-state index in [2.05, 4.69) is 43.2 Å². The number of rotatable bonds is 10. The molecule has 35 heavy (non-hydrogen) atoms. The molecule has 0 radical (unpaired) electrons. The zero-order chi connectivity index (χ0) is 24.9. The Morgan fingerprint density at radius 2 is 1.94 bits per heavy atom. The number of hydrogen-bond acceptors (Lipinski definition) is 4. The number of nitrogens with one attached hydrogen (secondary N) is 1. The van der Waals surface area contributed by atoms with Crippen LogP contribution < -0.4 is 4.74 Å². The Morgan fingerprint density at radius 3 is 2.66 bits per heavy atom. The van der Waals surface area contributed by atoms with Crippen LogP contribution in [0.25, 0.3) is 10.9 Å². The summed E-state index contributed by atoms with van der Waals surface area (Å²) in [4.78, 5) is 30.3. The van der Waals surface area contributed by atoms with Crippen molar-refractivity contribution < 1.29 is 19.1 Å². The second kappa shape index (κ2) is 11.0. The summed E-state index contributed by atoms with van der Waals surface area (Å²) in [6.07, 6.45) is 6.74. The van der Waals surface area contributed by atoms with Crippen LogP contribution >= 0.6 is 0 Å². The largest absolute Gasteiger partial charge is 0.496 e. The Labute approximate surface area is 207 Å². The summed E-state index contributed by atoms with van der Waals surface area (Å²) in [7, 11) is 3.02. The fourth-order valence-corrected chi connectivity index (χ4v) is 5.39. The molecule has 1 aliphatic heterocycles. The molecule has 2 unspecified atom stereocenters. The highest BCUT2D eigenvalue weighted by molar-refractivity contribution is 5.90. The van der Waals surface area contributed by atoms with Gasteiger partial charge in [0.05, 0.1) is 19.8 Å². The molecule has 1 saturated heterocycles. The van der Waals surface area contributed by atoms with Gasteiger partial charge in [-0.1, -0.05) is 32.4 Å². The van der Waals surface area contributed by atoms with E-state index in [4.69, 9.17) is 9.47 Å². The van der Waals surface area contributed by atoms with Gasteiger partial charge < -0.3 is 19.4 Å². The van der Waals surface area contributed by atoms with Gasteiger partial charge in [0.1, 0.15) is 5.75 Å². The van der Waals surface area contributed by atoms with Crippen LogP contribution in [0.15, 0.2) is 42.6 Å². The third-order valence-electron chi connectivity index (χ3n) is 7.14. The molecule has 1 aromatic heterocycles. The van der Waals surface area contributed by atoms with Gasteiger partial charge in [-0.3, -0.25) is 4.79 Å². The van der Waals surface area contributed by atoms with E-state index in [1.54, 1.807) is 19.2 Å². The van der Waals surface area contributed by atoms with Crippen LogP contribution in [0, 0.1) is 5.92 Å². The first-order chi connectivity index (χ1) is 17.0. The van der Waals surface area contributed by atoms with Crippen molar-refractivity contribution in [3.8, 4) is 5.75 Å². The summed E-state index contributed by atoms with van der Waals surface area (Å²) in [6, 6.07) is 12.1. The van der Waals surface area contributed by atoms with Crippen molar-refractivity contribution in [3.63, 3.8) is 0 Å². The monoisotopic (exact) mass is 476 g/mol. The Hall–Kier alpha value is -3.28. The normalized spacial score (nSPS) is 16.6. The second-order valence-corrected chi connectivity index (χ2v) is 9.43. The van der Waals surface area contributed by atoms with Crippen molar-refractivity contribution in [1.29, 1.82) is 0 Å². The minimum atomic E-state index is -0.377.